The van der Waals surface area contributed by atoms with Crippen molar-refractivity contribution in [2.45, 2.75) is 51.0 Å². The number of nitrogens with one attached hydrogen (secondary N) is 2. The van der Waals surface area contributed by atoms with Crippen LogP contribution in [0.5, 0.6) is 0 Å². The average molecular weight is 339 g/mol. The maximum Gasteiger partial charge on any atom is 0.252 e. The standard InChI is InChI=1S/C17H23ClN2O3/c1-2-9-19-16(22)13-6-5-12(10-14(13)18)20-15(21)11-17(23)7-3-4-8-17/h5-6,10,23H,2-4,7-9,11H2,1H3,(H,19,22)(H,20,21). The van der Waals surface area contributed by atoms with Crippen LogP contribution in [0.4, 0.5) is 5.69 Å². The van der Waals surface area contributed by atoms with E-state index < -0.39 is 5.60 Å². The highest BCUT2D eigenvalue weighted by Gasteiger charge is 2.33. The van der Waals surface area contributed by atoms with Crippen molar-refractivity contribution < 1.29 is 14.7 Å². The molecule has 3 N–H and O–H groups in total. The van der Waals surface area contributed by atoms with Gasteiger partial charge in [0.25, 0.3) is 5.91 Å². The number of carbonyl (C=O) groups excluding carboxylic acids is 2. The molecule has 23 heavy (non-hydrogen) atoms. The number of carbonyl (C=O) groups is 2. The van der Waals surface area contributed by atoms with E-state index in [1.54, 1.807) is 18.2 Å². The molecule has 1 aromatic rings. The highest BCUT2D eigenvalue weighted by atomic mass is 35.5. The van der Waals surface area contributed by atoms with Crippen LogP contribution in [-0.4, -0.2) is 29.1 Å². The highest BCUT2D eigenvalue weighted by Crippen LogP contribution is 2.32. The topological polar surface area (TPSA) is 78.4 Å². The van der Waals surface area contributed by atoms with Crippen LogP contribution >= 0.6 is 11.6 Å². The number of halogens is 1. The third-order valence-corrected chi connectivity index (χ3v) is 4.37. The lowest BCUT2D eigenvalue weighted by Crippen LogP contribution is -2.30. The number of amides is 2. The molecule has 2 rings (SSSR count). The van der Waals surface area contributed by atoms with Gasteiger partial charge in [0.2, 0.25) is 5.91 Å². The van der Waals surface area contributed by atoms with Crippen molar-refractivity contribution >= 4 is 29.1 Å². The summed E-state index contributed by atoms with van der Waals surface area (Å²) >= 11 is 6.12. The van der Waals surface area contributed by atoms with Gasteiger partial charge >= 0.3 is 0 Å². The van der Waals surface area contributed by atoms with Gasteiger partial charge in [0.05, 0.1) is 22.6 Å². The Bertz CT molecular complexity index is 583. The van der Waals surface area contributed by atoms with Gasteiger partial charge in [0.1, 0.15) is 0 Å². The van der Waals surface area contributed by atoms with E-state index in [0.29, 0.717) is 30.6 Å². The van der Waals surface area contributed by atoms with Gasteiger partial charge in [-0.25, -0.2) is 0 Å². The Morgan fingerprint density at radius 1 is 1.30 bits per heavy atom. The Morgan fingerprint density at radius 2 is 2.00 bits per heavy atom. The van der Waals surface area contributed by atoms with E-state index in [1.807, 2.05) is 6.92 Å². The third-order valence-electron chi connectivity index (χ3n) is 4.06. The summed E-state index contributed by atoms with van der Waals surface area (Å²) in [6.07, 6.45) is 4.17. The maximum atomic E-state index is 12.1. The molecule has 126 valence electrons. The molecular formula is C17H23ClN2O3. The maximum absolute atomic E-state index is 12.1. The molecule has 1 saturated carbocycles. The Kier molecular flexibility index (Phi) is 6.02. The second-order valence-electron chi connectivity index (χ2n) is 6.11. The Hall–Kier alpha value is -1.59. The molecule has 0 heterocycles. The smallest absolute Gasteiger partial charge is 0.252 e. The summed E-state index contributed by atoms with van der Waals surface area (Å²) in [4.78, 5) is 24.0. The van der Waals surface area contributed by atoms with Crippen LogP contribution in [0.15, 0.2) is 18.2 Å². The second-order valence-corrected chi connectivity index (χ2v) is 6.51. The summed E-state index contributed by atoms with van der Waals surface area (Å²) < 4.78 is 0. The third kappa shape index (κ3) is 4.94. The van der Waals surface area contributed by atoms with Gasteiger partial charge in [-0.15, -0.1) is 0 Å². The lowest BCUT2D eigenvalue weighted by Gasteiger charge is -2.21. The Balaban J connectivity index is 1.97. The summed E-state index contributed by atoms with van der Waals surface area (Å²) in [7, 11) is 0. The van der Waals surface area contributed by atoms with Crippen molar-refractivity contribution in [3.8, 4) is 0 Å². The largest absolute Gasteiger partial charge is 0.389 e. The minimum Gasteiger partial charge on any atom is -0.389 e. The van der Waals surface area contributed by atoms with Gasteiger partial charge in [-0.3, -0.25) is 9.59 Å². The SMILES string of the molecule is CCCNC(=O)c1ccc(NC(=O)CC2(O)CCCC2)cc1Cl. The predicted octanol–water partition coefficient (Wildman–Crippen LogP) is 3.11. The van der Waals surface area contributed by atoms with E-state index in [1.165, 1.54) is 0 Å². The van der Waals surface area contributed by atoms with E-state index >= 15 is 0 Å². The molecule has 6 heteroatoms. The first-order valence-electron chi connectivity index (χ1n) is 8.03. The zero-order chi connectivity index (χ0) is 16.9. The monoisotopic (exact) mass is 338 g/mol. The molecule has 0 spiro atoms. The van der Waals surface area contributed by atoms with Crippen molar-refractivity contribution in [3.63, 3.8) is 0 Å². The first-order valence-corrected chi connectivity index (χ1v) is 8.41. The minimum atomic E-state index is -0.881. The predicted molar refractivity (Wildman–Crippen MR) is 90.7 cm³/mol. The van der Waals surface area contributed by atoms with E-state index in [4.69, 9.17) is 11.6 Å². The number of benzene rings is 1. The van der Waals surface area contributed by atoms with Crippen molar-refractivity contribution in [1.29, 1.82) is 0 Å². The lowest BCUT2D eigenvalue weighted by atomic mass is 9.97. The molecule has 1 aliphatic rings. The van der Waals surface area contributed by atoms with Crippen LogP contribution in [0.2, 0.25) is 5.02 Å². The number of hydrogen-bond donors (Lipinski definition) is 3. The first-order chi connectivity index (χ1) is 10.9. The van der Waals surface area contributed by atoms with Gasteiger partial charge < -0.3 is 15.7 Å². The van der Waals surface area contributed by atoms with E-state index in [2.05, 4.69) is 10.6 Å². The summed E-state index contributed by atoms with van der Waals surface area (Å²) in [6.45, 7) is 2.56. The van der Waals surface area contributed by atoms with Crippen molar-refractivity contribution in [3.05, 3.63) is 28.8 Å². The molecule has 0 aromatic heterocycles. The van der Waals surface area contributed by atoms with Crippen LogP contribution in [-0.2, 0) is 4.79 Å². The van der Waals surface area contributed by atoms with Crippen molar-refractivity contribution in [2.24, 2.45) is 0 Å². The molecule has 0 saturated heterocycles. The van der Waals surface area contributed by atoms with Crippen LogP contribution in [0, 0.1) is 0 Å². The number of anilines is 1. The number of rotatable bonds is 6. The molecule has 0 unspecified atom stereocenters. The molecule has 0 radical (unpaired) electrons. The zero-order valence-corrected chi connectivity index (χ0v) is 14.1. The number of hydrogen-bond acceptors (Lipinski definition) is 3. The molecule has 1 aromatic carbocycles. The summed E-state index contributed by atoms with van der Waals surface area (Å²) in [5.41, 5.74) is 0.0228. The minimum absolute atomic E-state index is 0.0867. The molecule has 2 amide bonds. The second kappa shape index (κ2) is 7.79. The van der Waals surface area contributed by atoms with Gasteiger partial charge in [-0.1, -0.05) is 31.4 Å². The van der Waals surface area contributed by atoms with Crippen LogP contribution in [0.1, 0.15) is 55.8 Å². The molecule has 5 nitrogen and oxygen atoms in total. The highest BCUT2D eigenvalue weighted by molar-refractivity contribution is 6.34. The van der Waals surface area contributed by atoms with E-state index in [0.717, 1.165) is 19.3 Å². The van der Waals surface area contributed by atoms with Crippen molar-refractivity contribution in [1.82, 2.24) is 5.32 Å². The van der Waals surface area contributed by atoms with E-state index in [-0.39, 0.29) is 23.3 Å². The molecular weight excluding hydrogens is 316 g/mol. The zero-order valence-electron chi connectivity index (χ0n) is 13.3. The normalized spacial score (nSPS) is 16.1. The summed E-state index contributed by atoms with van der Waals surface area (Å²) in [5.74, 6) is -0.469. The van der Waals surface area contributed by atoms with Crippen molar-refractivity contribution in [2.75, 3.05) is 11.9 Å². The Labute approximate surface area is 141 Å². The molecule has 0 atom stereocenters. The molecule has 1 aliphatic carbocycles. The molecule has 1 fully saturated rings. The Morgan fingerprint density at radius 3 is 2.61 bits per heavy atom. The quantitative estimate of drug-likeness (QED) is 0.745. The van der Waals surface area contributed by atoms with E-state index in [9.17, 15) is 14.7 Å². The van der Waals surface area contributed by atoms with Gasteiger partial charge in [0, 0.05) is 12.2 Å². The van der Waals surface area contributed by atoms with Gasteiger partial charge in [-0.2, -0.15) is 0 Å². The van der Waals surface area contributed by atoms with Crippen LogP contribution < -0.4 is 10.6 Å². The van der Waals surface area contributed by atoms with Gasteiger partial charge in [-0.05, 0) is 37.5 Å². The average Bonchev–Trinajstić information content (AvgIpc) is 2.90. The number of aliphatic hydroxyl groups is 1. The van der Waals surface area contributed by atoms with Gasteiger partial charge in [0.15, 0.2) is 0 Å². The van der Waals surface area contributed by atoms with Crippen LogP contribution in [0.3, 0.4) is 0 Å². The fourth-order valence-corrected chi connectivity index (χ4v) is 3.09. The molecule has 0 bridgehead atoms. The molecule has 0 aliphatic heterocycles. The fourth-order valence-electron chi connectivity index (χ4n) is 2.82. The lowest BCUT2D eigenvalue weighted by molar-refractivity contribution is -0.120. The first kappa shape index (κ1) is 17.8. The summed E-state index contributed by atoms with van der Waals surface area (Å²) in [6, 6.07) is 4.79. The summed E-state index contributed by atoms with van der Waals surface area (Å²) in [5, 5.41) is 16.0. The fraction of sp³-hybridized carbons (Fsp3) is 0.529. The van der Waals surface area contributed by atoms with Crippen LogP contribution in [0.25, 0.3) is 0 Å².